The van der Waals surface area contributed by atoms with Gasteiger partial charge in [0.05, 0.1) is 25.1 Å². The number of para-hydroxylation sites is 1. The Hall–Kier alpha value is -3.34. The zero-order chi connectivity index (χ0) is 20.9. The van der Waals surface area contributed by atoms with E-state index in [0.717, 1.165) is 24.9 Å². The van der Waals surface area contributed by atoms with E-state index in [0.29, 0.717) is 12.8 Å². The first-order valence-corrected chi connectivity index (χ1v) is 9.55. The number of carbonyl (C=O) groups excluding carboxylic acids is 2. The number of likely N-dealkylation sites (N-methyl/N-ethyl adjacent to an activating group) is 1. The third-order valence-electron chi connectivity index (χ3n) is 5.35. The lowest BCUT2D eigenvalue weighted by Gasteiger charge is -2.38. The van der Waals surface area contributed by atoms with Gasteiger partial charge in [-0.25, -0.2) is 9.48 Å². The molecule has 29 heavy (non-hydrogen) atoms. The van der Waals surface area contributed by atoms with Crippen LogP contribution in [0.5, 0.6) is 5.75 Å². The molecular formula is C21H24N4O4. The highest BCUT2D eigenvalue weighted by Crippen LogP contribution is 2.32. The molecule has 0 bridgehead atoms. The number of benzene rings is 1. The van der Waals surface area contributed by atoms with Gasteiger partial charge < -0.3 is 14.4 Å². The Balaban J connectivity index is 1.68. The van der Waals surface area contributed by atoms with Gasteiger partial charge in [-0.3, -0.25) is 4.79 Å². The molecule has 0 N–H and O–H groups in total. The van der Waals surface area contributed by atoms with E-state index in [1.54, 1.807) is 13.2 Å². The van der Waals surface area contributed by atoms with E-state index >= 15 is 0 Å². The average Bonchev–Trinajstić information content (AvgIpc) is 3.22. The smallest absolute Gasteiger partial charge is 0.363 e. The molecule has 1 saturated carbocycles. The maximum absolute atomic E-state index is 12.6. The van der Waals surface area contributed by atoms with E-state index < -0.39 is 24.0 Å². The Kier molecular flexibility index (Phi) is 6.17. The first-order valence-electron chi connectivity index (χ1n) is 9.55. The van der Waals surface area contributed by atoms with Crippen molar-refractivity contribution < 1.29 is 19.1 Å². The minimum atomic E-state index is -0.825. The number of rotatable bonds is 6. The molecule has 0 spiro atoms. The summed E-state index contributed by atoms with van der Waals surface area (Å²) >= 11 is 0. The SMILES string of the molecule is COc1cn(-c2ccccc2)nc1C(=O)OCC(=O)N(C)C1(C#N)CCCCC1. The van der Waals surface area contributed by atoms with E-state index in [9.17, 15) is 14.9 Å². The topological polar surface area (TPSA) is 97.5 Å². The first-order chi connectivity index (χ1) is 14.0. The highest BCUT2D eigenvalue weighted by molar-refractivity contribution is 5.92. The zero-order valence-electron chi connectivity index (χ0n) is 16.6. The third-order valence-corrected chi connectivity index (χ3v) is 5.35. The van der Waals surface area contributed by atoms with Crippen molar-refractivity contribution in [2.75, 3.05) is 20.8 Å². The number of carbonyl (C=O) groups is 2. The van der Waals surface area contributed by atoms with Crippen molar-refractivity contribution in [2.24, 2.45) is 0 Å². The van der Waals surface area contributed by atoms with Crippen LogP contribution in [0.1, 0.15) is 42.6 Å². The van der Waals surface area contributed by atoms with Crippen molar-refractivity contribution in [2.45, 2.75) is 37.6 Å². The number of ether oxygens (including phenoxy) is 2. The van der Waals surface area contributed by atoms with E-state index in [2.05, 4.69) is 11.2 Å². The summed E-state index contributed by atoms with van der Waals surface area (Å²) in [6.07, 6.45) is 5.71. The molecule has 1 aliphatic carbocycles. The lowest BCUT2D eigenvalue weighted by Crippen LogP contribution is -2.51. The predicted molar refractivity (Wildman–Crippen MR) is 105 cm³/mol. The molecule has 1 aromatic carbocycles. The third kappa shape index (κ3) is 4.24. The fraction of sp³-hybridized carbons (Fsp3) is 0.429. The molecule has 0 unspecified atom stereocenters. The van der Waals surface area contributed by atoms with Crippen LogP contribution in [0.15, 0.2) is 36.5 Å². The molecular weight excluding hydrogens is 372 g/mol. The molecule has 8 heteroatoms. The molecule has 0 radical (unpaired) electrons. The van der Waals surface area contributed by atoms with Gasteiger partial charge in [-0.1, -0.05) is 37.5 Å². The Morgan fingerprint density at radius 2 is 1.93 bits per heavy atom. The van der Waals surface area contributed by atoms with Crippen LogP contribution in [0, 0.1) is 11.3 Å². The summed E-state index contributed by atoms with van der Waals surface area (Å²) in [6, 6.07) is 11.5. The van der Waals surface area contributed by atoms with Gasteiger partial charge in [0.1, 0.15) is 5.54 Å². The summed E-state index contributed by atoms with van der Waals surface area (Å²) in [5, 5.41) is 13.8. The van der Waals surface area contributed by atoms with Crippen LogP contribution >= 0.6 is 0 Å². The second-order valence-corrected chi connectivity index (χ2v) is 7.06. The van der Waals surface area contributed by atoms with Crippen molar-refractivity contribution in [3.05, 3.63) is 42.2 Å². The van der Waals surface area contributed by atoms with Gasteiger partial charge in [0.2, 0.25) is 5.69 Å². The fourth-order valence-corrected chi connectivity index (χ4v) is 3.55. The molecule has 0 atom stereocenters. The minimum Gasteiger partial charge on any atom is -0.493 e. The summed E-state index contributed by atoms with van der Waals surface area (Å²) in [6.45, 7) is -0.458. The highest BCUT2D eigenvalue weighted by atomic mass is 16.5. The Morgan fingerprint density at radius 1 is 1.24 bits per heavy atom. The standard InChI is InChI=1S/C21H24N4O4/c1-24(21(15-22)11-7-4-8-12-21)18(26)14-29-20(27)19-17(28-2)13-25(23-19)16-9-5-3-6-10-16/h3,5-6,9-10,13H,4,7-8,11-12,14H2,1-2H3. The van der Waals surface area contributed by atoms with Gasteiger partial charge >= 0.3 is 5.97 Å². The highest BCUT2D eigenvalue weighted by Gasteiger charge is 2.39. The number of nitrogens with zero attached hydrogens (tertiary/aromatic N) is 4. The molecule has 152 valence electrons. The van der Waals surface area contributed by atoms with Crippen molar-refractivity contribution in [1.29, 1.82) is 5.26 Å². The van der Waals surface area contributed by atoms with Crippen LogP contribution in [-0.4, -0.2) is 52.9 Å². The van der Waals surface area contributed by atoms with Crippen molar-refractivity contribution >= 4 is 11.9 Å². The van der Waals surface area contributed by atoms with Crippen LogP contribution in [0.2, 0.25) is 0 Å². The minimum absolute atomic E-state index is 0.0144. The van der Waals surface area contributed by atoms with E-state index in [1.165, 1.54) is 16.7 Å². The largest absolute Gasteiger partial charge is 0.493 e. The van der Waals surface area contributed by atoms with Crippen molar-refractivity contribution in [1.82, 2.24) is 14.7 Å². The van der Waals surface area contributed by atoms with Gasteiger partial charge in [-0.2, -0.15) is 10.4 Å². The summed E-state index contributed by atoms with van der Waals surface area (Å²) in [7, 11) is 3.03. The van der Waals surface area contributed by atoms with Crippen LogP contribution in [0.3, 0.4) is 0 Å². The van der Waals surface area contributed by atoms with Gasteiger partial charge in [0.15, 0.2) is 12.4 Å². The Labute approximate surface area is 169 Å². The average molecular weight is 396 g/mol. The Bertz CT molecular complexity index is 911. The van der Waals surface area contributed by atoms with Gasteiger partial charge in [0, 0.05) is 7.05 Å². The lowest BCUT2D eigenvalue weighted by molar-refractivity contribution is -0.138. The normalized spacial score (nSPS) is 15.2. The number of nitriles is 1. The second-order valence-electron chi connectivity index (χ2n) is 7.06. The second kappa shape index (κ2) is 8.78. The van der Waals surface area contributed by atoms with E-state index in [4.69, 9.17) is 9.47 Å². The molecule has 1 amide bonds. The molecule has 1 aliphatic rings. The number of methoxy groups -OCH3 is 1. The molecule has 0 saturated heterocycles. The quantitative estimate of drug-likeness (QED) is 0.697. The lowest BCUT2D eigenvalue weighted by atomic mass is 9.81. The maximum Gasteiger partial charge on any atom is 0.363 e. The van der Waals surface area contributed by atoms with E-state index in [1.807, 2.05) is 30.3 Å². The molecule has 1 heterocycles. The van der Waals surface area contributed by atoms with Crippen LogP contribution in [0.25, 0.3) is 5.69 Å². The Morgan fingerprint density at radius 3 is 2.55 bits per heavy atom. The number of hydrogen-bond acceptors (Lipinski definition) is 6. The maximum atomic E-state index is 12.6. The first kappa shape index (κ1) is 20.4. The number of esters is 1. The summed E-state index contributed by atoms with van der Waals surface area (Å²) < 4.78 is 11.9. The molecule has 1 fully saturated rings. The molecule has 0 aliphatic heterocycles. The summed E-state index contributed by atoms with van der Waals surface area (Å²) in [5.41, 5.74) is -0.0812. The number of hydrogen-bond donors (Lipinski definition) is 0. The summed E-state index contributed by atoms with van der Waals surface area (Å²) in [4.78, 5) is 26.5. The number of amides is 1. The zero-order valence-corrected chi connectivity index (χ0v) is 16.6. The van der Waals surface area contributed by atoms with Gasteiger partial charge in [-0.15, -0.1) is 0 Å². The molecule has 8 nitrogen and oxygen atoms in total. The molecule has 3 rings (SSSR count). The van der Waals surface area contributed by atoms with E-state index in [-0.39, 0.29) is 11.4 Å². The molecule has 1 aromatic heterocycles. The number of aromatic nitrogens is 2. The predicted octanol–water partition coefficient (Wildman–Crippen LogP) is 2.72. The fourth-order valence-electron chi connectivity index (χ4n) is 3.55. The molecule has 2 aromatic rings. The van der Waals surface area contributed by atoms with Gasteiger partial charge in [-0.05, 0) is 25.0 Å². The van der Waals surface area contributed by atoms with Crippen molar-refractivity contribution in [3.63, 3.8) is 0 Å². The van der Waals surface area contributed by atoms with Crippen LogP contribution < -0.4 is 4.74 Å². The van der Waals surface area contributed by atoms with Crippen molar-refractivity contribution in [3.8, 4) is 17.5 Å². The summed E-state index contributed by atoms with van der Waals surface area (Å²) in [5.74, 6) is -0.920. The van der Waals surface area contributed by atoms with Crippen LogP contribution in [-0.2, 0) is 9.53 Å². The monoisotopic (exact) mass is 396 g/mol. The van der Waals surface area contributed by atoms with Gasteiger partial charge in [0.25, 0.3) is 5.91 Å². The van der Waals surface area contributed by atoms with Crippen LogP contribution in [0.4, 0.5) is 0 Å².